The molecule has 0 aliphatic rings. The third kappa shape index (κ3) is 3.69. The summed E-state index contributed by atoms with van der Waals surface area (Å²) in [7, 11) is 3.75. The molecular weight excluding hydrogens is 304 g/mol. The lowest BCUT2D eigenvalue weighted by Crippen LogP contribution is -3.06. The Morgan fingerprint density at radius 2 is 1.58 bits per heavy atom. The normalized spacial score (nSPS) is 12.2. The van der Waals surface area contributed by atoms with Gasteiger partial charge in [0.05, 0.1) is 14.2 Å². The molecule has 0 amide bonds. The van der Waals surface area contributed by atoms with Crippen LogP contribution in [0, 0.1) is 0 Å². The maximum Gasteiger partial charge on any atom is 0.225 e. The van der Waals surface area contributed by atoms with Crippen LogP contribution in [0.15, 0.2) is 36.4 Å². The fraction of sp³-hybridized carbons (Fsp3) is 0.235. The fourth-order valence-corrected chi connectivity index (χ4v) is 2.73. The molecule has 0 fully saturated rings. The smallest absolute Gasteiger partial charge is 0.225 e. The van der Waals surface area contributed by atoms with Crippen LogP contribution < -0.4 is 21.1 Å². The van der Waals surface area contributed by atoms with Gasteiger partial charge in [0.15, 0.2) is 5.82 Å². The number of anilines is 2. The molecule has 2 aromatic carbocycles. The van der Waals surface area contributed by atoms with Crippen molar-refractivity contribution >= 4 is 22.7 Å². The molecule has 5 N–H and O–H groups in total. The lowest BCUT2D eigenvalue weighted by molar-refractivity contribution is -0.908. The highest BCUT2D eigenvalue weighted by molar-refractivity contribution is 5.84. The molecule has 3 rings (SSSR count). The van der Waals surface area contributed by atoms with Crippen molar-refractivity contribution in [2.75, 3.05) is 25.6 Å². The Hall–Kier alpha value is -2.93. The third-order valence-corrected chi connectivity index (χ3v) is 3.79. The number of nitrogens with two attached hydrogens (primary N) is 2. The summed E-state index contributed by atoms with van der Waals surface area (Å²) in [5.74, 6) is 1.78. The van der Waals surface area contributed by atoms with Crippen molar-refractivity contribution in [3.05, 3.63) is 47.8 Å². The van der Waals surface area contributed by atoms with Crippen molar-refractivity contribution in [3.8, 4) is 5.75 Å². The summed E-state index contributed by atoms with van der Waals surface area (Å²) in [4.78, 5) is 13.3. The number of methoxy groups -OCH3 is 1. The minimum Gasteiger partial charge on any atom is -0.497 e. The number of hydrogen-bond donors (Lipinski definition) is 3. The van der Waals surface area contributed by atoms with Crippen LogP contribution in [0.4, 0.5) is 11.9 Å². The summed E-state index contributed by atoms with van der Waals surface area (Å²) >= 11 is 0. The van der Waals surface area contributed by atoms with Gasteiger partial charge in [0.1, 0.15) is 18.8 Å². The number of quaternary nitrogens is 1. The van der Waals surface area contributed by atoms with E-state index in [9.17, 15) is 0 Å². The zero-order valence-electron chi connectivity index (χ0n) is 13.8. The highest BCUT2D eigenvalue weighted by atomic mass is 16.5. The summed E-state index contributed by atoms with van der Waals surface area (Å²) < 4.78 is 5.26. The van der Waals surface area contributed by atoms with Gasteiger partial charge in [-0.3, -0.25) is 0 Å². The van der Waals surface area contributed by atoms with E-state index >= 15 is 0 Å². The van der Waals surface area contributed by atoms with E-state index in [0.717, 1.165) is 17.7 Å². The molecule has 0 saturated heterocycles. The van der Waals surface area contributed by atoms with Gasteiger partial charge in [-0.1, -0.05) is 18.2 Å². The van der Waals surface area contributed by atoms with Crippen LogP contribution in [0.2, 0.25) is 0 Å². The third-order valence-electron chi connectivity index (χ3n) is 3.79. The molecule has 24 heavy (non-hydrogen) atoms. The number of benzene rings is 2. The molecule has 1 atom stereocenters. The fourth-order valence-electron chi connectivity index (χ4n) is 2.73. The van der Waals surface area contributed by atoms with E-state index in [4.69, 9.17) is 16.2 Å². The van der Waals surface area contributed by atoms with Crippen LogP contribution in [0.25, 0.3) is 10.8 Å². The van der Waals surface area contributed by atoms with Crippen molar-refractivity contribution in [3.63, 3.8) is 0 Å². The molecule has 0 spiro atoms. The van der Waals surface area contributed by atoms with Crippen molar-refractivity contribution < 1.29 is 9.64 Å². The predicted octanol–water partition coefficient (Wildman–Crippen LogP) is 0.413. The number of aromatic nitrogens is 3. The maximum absolute atomic E-state index is 5.61. The first-order chi connectivity index (χ1) is 11.5. The zero-order valence-corrected chi connectivity index (χ0v) is 13.8. The van der Waals surface area contributed by atoms with Crippen molar-refractivity contribution in [2.24, 2.45) is 0 Å². The van der Waals surface area contributed by atoms with Gasteiger partial charge in [-0.15, -0.1) is 0 Å². The first kappa shape index (κ1) is 15.9. The molecule has 7 nitrogen and oxygen atoms in total. The molecule has 0 saturated carbocycles. The van der Waals surface area contributed by atoms with E-state index in [0.29, 0.717) is 12.4 Å². The molecule has 7 heteroatoms. The zero-order chi connectivity index (χ0) is 17.1. The minimum absolute atomic E-state index is 0.157. The number of hydrogen-bond acceptors (Lipinski definition) is 6. The average Bonchev–Trinajstić information content (AvgIpc) is 2.53. The minimum atomic E-state index is 0.157. The number of nitrogens with zero attached hydrogens (tertiary/aromatic N) is 3. The Labute approximate surface area is 140 Å². The SMILES string of the molecule is COc1ccc2cc(C[NH+](C)Cc3nc(N)nc(N)n3)ccc2c1. The van der Waals surface area contributed by atoms with Gasteiger partial charge >= 0.3 is 0 Å². The van der Waals surface area contributed by atoms with E-state index in [1.54, 1.807) is 7.11 Å². The molecule has 0 aliphatic carbocycles. The van der Waals surface area contributed by atoms with Crippen molar-refractivity contribution in [2.45, 2.75) is 13.1 Å². The van der Waals surface area contributed by atoms with Crippen LogP contribution in [-0.2, 0) is 13.1 Å². The average molecular weight is 325 g/mol. The summed E-state index contributed by atoms with van der Waals surface area (Å²) in [6.45, 7) is 1.46. The molecule has 0 bridgehead atoms. The van der Waals surface area contributed by atoms with Gasteiger partial charge in [0, 0.05) is 5.56 Å². The number of nitrogen functional groups attached to an aromatic ring is 2. The predicted molar refractivity (Wildman–Crippen MR) is 93.4 cm³/mol. The summed E-state index contributed by atoms with van der Waals surface area (Å²) in [5, 5.41) is 2.35. The second-order valence-electron chi connectivity index (χ2n) is 5.83. The van der Waals surface area contributed by atoms with E-state index < -0.39 is 0 Å². The Bertz CT molecular complexity index is 847. The lowest BCUT2D eigenvalue weighted by Gasteiger charge is -2.14. The molecule has 124 valence electrons. The largest absolute Gasteiger partial charge is 0.497 e. The van der Waals surface area contributed by atoms with Gasteiger partial charge in [-0.2, -0.15) is 15.0 Å². The van der Waals surface area contributed by atoms with Crippen molar-refractivity contribution in [1.82, 2.24) is 15.0 Å². The molecule has 1 aromatic heterocycles. The number of fused-ring (bicyclic) bond motifs is 1. The van der Waals surface area contributed by atoms with Crippen LogP contribution in [0.5, 0.6) is 5.75 Å². The van der Waals surface area contributed by atoms with E-state index in [1.165, 1.54) is 15.8 Å². The Balaban J connectivity index is 1.73. The van der Waals surface area contributed by atoms with Crippen LogP contribution in [-0.4, -0.2) is 29.1 Å². The quantitative estimate of drug-likeness (QED) is 0.628. The molecule has 1 heterocycles. The highest BCUT2D eigenvalue weighted by Gasteiger charge is 2.10. The molecule has 1 unspecified atom stereocenters. The van der Waals surface area contributed by atoms with Gasteiger partial charge in [-0.25, -0.2) is 0 Å². The number of ether oxygens (including phenoxy) is 1. The molecule has 0 radical (unpaired) electrons. The van der Waals surface area contributed by atoms with Crippen LogP contribution >= 0.6 is 0 Å². The van der Waals surface area contributed by atoms with Crippen LogP contribution in [0.1, 0.15) is 11.4 Å². The summed E-state index contributed by atoms with van der Waals surface area (Å²) in [6, 6.07) is 12.5. The topological polar surface area (TPSA) is 104 Å². The Morgan fingerprint density at radius 1 is 0.917 bits per heavy atom. The van der Waals surface area contributed by atoms with Gasteiger partial charge in [0.2, 0.25) is 11.9 Å². The second kappa shape index (κ2) is 6.67. The van der Waals surface area contributed by atoms with Gasteiger partial charge < -0.3 is 21.1 Å². The Kier molecular flexibility index (Phi) is 4.43. The lowest BCUT2D eigenvalue weighted by atomic mass is 10.1. The molecular formula is C17H21N6O+. The Morgan fingerprint density at radius 3 is 2.29 bits per heavy atom. The number of rotatable bonds is 5. The first-order valence-electron chi connectivity index (χ1n) is 7.67. The van der Waals surface area contributed by atoms with E-state index in [2.05, 4.69) is 46.3 Å². The van der Waals surface area contributed by atoms with Crippen molar-refractivity contribution in [1.29, 1.82) is 0 Å². The summed E-state index contributed by atoms with van der Waals surface area (Å²) in [5.41, 5.74) is 12.5. The maximum atomic E-state index is 5.61. The standard InChI is InChI=1S/C17H20N6O/c1-23(10-15-20-16(18)22-17(19)21-15)9-11-3-4-13-8-14(24-2)6-5-12(13)7-11/h3-8H,9-10H2,1-2H3,(H4,18,19,20,21,22)/p+1. The highest BCUT2D eigenvalue weighted by Crippen LogP contribution is 2.21. The monoisotopic (exact) mass is 325 g/mol. The van der Waals surface area contributed by atoms with E-state index in [-0.39, 0.29) is 11.9 Å². The molecule has 0 aliphatic heterocycles. The summed E-state index contributed by atoms with van der Waals surface area (Å²) in [6.07, 6.45) is 0. The second-order valence-corrected chi connectivity index (χ2v) is 5.83. The molecule has 3 aromatic rings. The van der Waals surface area contributed by atoms with Gasteiger partial charge in [-0.05, 0) is 29.0 Å². The van der Waals surface area contributed by atoms with E-state index in [1.807, 2.05) is 12.1 Å². The van der Waals surface area contributed by atoms with Crippen LogP contribution in [0.3, 0.4) is 0 Å². The number of nitrogens with one attached hydrogen (secondary N) is 1. The first-order valence-corrected chi connectivity index (χ1v) is 7.67. The van der Waals surface area contributed by atoms with Gasteiger partial charge in [0.25, 0.3) is 0 Å².